The molecular weight excluding hydrogens is 308 g/mol. The van der Waals surface area contributed by atoms with Crippen molar-refractivity contribution in [2.75, 3.05) is 7.11 Å². The van der Waals surface area contributed by atoms with Crippen LogP contribution < -0.4 is 4.34 Å². The Kier molecular flexibility index (Phi) is 5.68. The van der Waals surface area contributed by atoms with E-state index in [-0.39, 0.29) is 0 Å². The lowest BCUT2D eigenvalue weighted by Gasteiger charge is -2.20. The van der Waals surface area contributed by atoms with Crippen molar-refractivity contribution in [2.24, 2.45) is 0 Å². The van der Waals surface area contributed by atoms with Gasteiger partial charge < -0.3 is 4.74 Å². The van der Waals surface area contributed by atoms with Crippen LogP contribution >= 0.6 is 16.1 Å². The Balaban J connectivity index is 2.66. The first-order chi connectivity index (χ1) is 8.48. The molecule has 100 valence electrons. The molecule has 6 heteroatoms. The molecule has 0 spiro atoms. The summed E-state index contributed by atoms with van der Waals surface area (Å²) in [6.45, 7) is 0. The molecule has 0 fully saturated rings. The maximum Gasteiger partial charge on any atom is 0.323 e. The standard InChI is InChI=1S/C12H14BrF2NO2/c1-18-11(17)10(16-13)8-12(14,15)7-9-5-3-2-4-6-9/h2-6,10,16H,7-8H2,1H3/t10-/m0/s1. The molecule has 0 bridgehead atoms. The van der Waals surface area contributed by atoms with Gasteiger partial charge in [-0.05, 0) is 5.56 Å². The van der Waals surface area contributed by atoms with Gasteiger partial charge in [0.25, 0.3) is 5.92 Å². The molecule has 0 aliphatic rings. The summed E-state index contributed by atoms with van der Waals surface area (Å²) >= 11 is 2.81. The summed E-state index contributed by atoms with van der Waals surface area (Å²) < 4.78 is 34.3. The van der Waals surface area contributed by atoms with Gasteiger partial charge in [-0.15, -0.1) is 0 Å². The van der Waals surface area contributed by atoms with Crippen LogP contribution in [0.25, 0.3) is 0 Å². The van der Waals surface area contributed by atoms with Gasteiger partial charge in [0, 0.05) is 29.0 Å². The summed E-state index contributed by atoms with van der Waals surface area (Å²) in [6, 6.07) is 7.34. The number of hydrogen-bond donors (Lipinski definition) is 1. The second kappa shape index (κ2) is 6.80. The minimum atomic E-state index is -2.99. The van der Waals surface area contributed by atoms with Crippen molar-refractivity contribution in [3.63, 3.8) is 0 Å². The third-order valence-corrected chi connectivity index (χ3v) is 2.98. The van der Waals surface area contributed by atoms with Crippen LogP contribution in [0.5, 0.6) is 0 Å². The van der Waals surface area contributed by atoms with Gasteiger partial charge in [0.1, 0.15) is 6.04 Å². The Morgan fingerprint density at radius 1 is 1.44 bits per heavy atom. The molecule has 18 heavy (non-hydrogen) atoms. The molecule has 1 rings (SSSR count). The lowest BCUT2D eigenvalue weighted by Crippen LogP contribution is -2.38. The van der Waals surface area contributed by atoms with E-state index >= 15 is 0 Å². The van der Waals surface area contributed by atoms with Crippen molar-refractivity contribution in [2.45, 2.75) is 24.8 Å². The molecule has 0 aliphatic carbocycles. The zero-order valence-corrected chi connectivity index (χ0v) is 11.4. The van der Waals surface area contributed by atoms with E-state index in [4.69, 9.17) is 0 Å². The zero-order chi connectivity index (χ0) is 13.6. The fourth-order valence-electron chi connectivity index (χ4n) is 1.57. The molecular formula is C12H14BrF2NO2. The Labute approximate surface area is 113 Å². The monoisotopic (exact) mass is 321 g/mol. The first-order valence-corrected chi connectivity index (χ1v) is 6.13. The van der Waals surface area contributed by atoms with E-state index in [0.717, 1.165) is 7.11 Å². The Hall–Kier alpha value is -1.01. The molecule has 0 saturated heterocycles. The largest absolute Gasteiger partial charge is 0.468 e. The lowest BCUT2D eigenvalue weighted by molar-refractivity contribution is -0.145. The first-order valence-electron chi connectivity index (χ1n) is 5.34. The highest BCUT2D eigenvalue weighted by Crippen LogP contribution is 2.26. The number of esters is 1. The molecule has 0 unspecified atom stereocenters. The van der Waals surface area contributed by atoms with Crippen LogP contribution in [0.4, 0.5) is 8.78 Å². The molecule has 0 aliphatic heterocycles. The molecule has 1 aromatic rings. The van der Waals surface area contributed by atoms with Crippen LogP contribution in [0.3, 0.4) is 0 Å². The number of methoxy groups -OCH3 is 1. The number of ether oxygens (including phenoxy) is 1. The average Bonchev–Trinajstić information content (AvgIpc) is 2.35. The highest BCUT2D eigenvalue weighted by molar-refractivity contribution is 9.08. The number of benzene rings is 1. The Morgan fingerprint density at radius 2 is 2.06 bits per heavy atom. The summed E-state index contributed by atoms with van der Waals surface area (Å²) in [5.74, 6) is -3.71. The highest BCUT2D eigenvalue weighted by Gasteiger charge is 2.36. The zero-order valence-electron chi connectivity index (χ0n) is 9.83. The number of carbonyl (C=O) groups is 1. The van der Waals surface area contributed by atoms with E-state index in [1.165, 1.54) is 0 Å². The molecule has 0 aromatic heterocycles. The molecule has 0 amide bonds. The van der Waals surface area contributed by atoms with E-state index in [2.05, 4.69) is 25.2 Å². The van der Waals surface area contributed by atoms with E-state index in [0.29, 0.717) is 5.56 Å². The predicted octanol–water partition coefficient (Wildman–Crippen LogP) is 2.70. The summed E-state index contributed by atoms with van der Waals surface area (Å²) in [5.41, 5.74) is 0.528. The summed E-state index contributed by atoms with van der Waals surface area (Å²) in [5, 5.41) is 0. The number of carbonyl (C=O) groups excluding carboxylic acids is 1. The van der Waals surface area contributed by atoms with Gasteiger partial charge in [0.05, 0.1) is 7.11 Å². The minimum absolute atomic E-state index is 0.407. The van der Waals surface area contributed by atoms with E-state index in [1.807, 2.05) is 0 Å². The molecule has 1 aromatic carbocycles. The number of hydrogen-bond acceptors (Lipinski definition) is 3. The highest BCUT2D eigenvalue weighted by atomic mass is 79.9. The van der Waals surface area contributed by atoms with Crippen LogP contribution in [0.15, 0.2) is 30.3 Å². The third kappa shape index (κ3) is 4.70. The summed E-state index contributed by atoms with van der Waals surface area (Å²) in [7, 11) is 1.16. The number of rotatable bonds is 6. The quantitative estimate of drug-likeness (QED) is 0.646. The van der Waals surface area contributed by atoms with Crippen LogP contribution in [0, 0.1) is 0 Å². The van der Waals surface area contributed by atoms with E-state index < -0.39 is 30.8 Å². The maximum atomic E-state index is 13.8. The van der Waals surface area contributed by atoms with Crippen LogP contribution in [-0.4, -0.2) is 25.0 Å². The third-order valence-electron chi connectivity index (χ3n) is 2.43. The van der Waals surface area contributed by atoms with Gasteiger partial charge in [-0.2, -0.15) is 0 Å². The Morgan fingerprint density at radius 3 is 2.56 bits per heavy atom. The number of nitrogens with one attached hydrogen (secondary N) is 1. The van der Waals surface area contributed by atoms with Crippen molar-refractivity contribution >= 4 is 22.1 Å². The second-order valence-electron chi connectivity index (χ2n) is 3.91. The molecule has 1 atom stereocenters. The number of halogens is 3. The lowest BCUT2D eigenvalue weighted by atomic mass is 10.0. The van der Waals surface area contributed by atoms with Crippen LogP contribution in [-0.2, 0) is 16.0 Å². The smallest absolute Gasteiger partial charge is 0.323 e. The van der Waals surface area contributed by atoms with Crippen molar-refractivity contribution in [1.29, 1.82) is 0 Å². The van der Waals surface area contributed by atoms with Crippen LogP contribution in [0.1, 0.15) is 12.0 Å². The van der Waals surface area contributed by atoms with Gasteiger partial charge in [-0.25, -0.2) is 13.1 Å². The van der Waals surface area contributed by atoms with Gasteiger partial charge in [-0.3, -0.25) is 4.79 Å². The van der Waals surface area contributed by atoms with Gasteiger partial charge in [0.15, 0.2) is 0 Å². The van der Waals surface area contributed by atoms with Crippen molar-refractivity contribution in [1.82, 2.24) is 4.34 Å². The summed E-state index contributed by atoms with van der Waals surface area (Å²) in [4.78, 5) is 11.2. The SMILES string of the molecule is COC(=O)[C@H](CC(F)(F)Cc1ccccc1)NBr. The molecule has 0 saturated carbocycles. The molecule has 1 N–H and O–H groups in total. The van der Waals surface area contributed by atoms with E-state index in [9.17, 15) is 13.6 Å². The van der Waals surface area contributed by atoms with Crippen LogP contribution in [0.2, 0.25) is 0 Å². The fraction of sp³-hybridized carbons (Fsp3) is 0.417. The summed E-state index contributed by atoms with van der Waals surface area (Å²) in [6.07, 6.45) is -1.03. The average molecular weight is 322 g/mol. The second-order valence-corrected chi connectivity index (χ2v) is 4.37. The van der Waals surface area contributed by atoms with Crippen molar-refractivity contribution in [3.8, 4) is 0 Å². The van der Waals surface area contributed by atoms with Gasteiger partial charge in [0.2, 0.25) is 0 Å². The number of alkyl halides is 2. The van der Waals surface area contributed by atoms with Gasteiger partial charge in [-0.1, -0.05) is 30.3 Å². The minimum Gasteiger partial charge on any atom is -0.468 e. The van der Waals surface area contributed by atoms with Crippen molar-refractivity contribution in [3.05, 3.63) is 35.9 Å². The Bertz CT molecular complexity index is 387. The van der Waals surface area contributed by atoms with Gasteiger partial charge >= 0.3 is 5.97 Å². The molecule has 0 radical (unpaired) electrons. The maximum absolute atomic E-state index is 13.8. The normalized spacial score (nSPS) is 13.1. The fourth-order valence-corrected chi connectivity index (χ4v) is 1.92. The predicted molar refractivity (Wildman–Crippen MR) is 67.6 cm³/mol. The first kappa shape index (κ1) is 15.0. The molecule has 0 heterocycles. The molecule has 3 nitrogen and oxygen atoms in total. The van der Waals surface area contributed by atoms with E-state index in [1.54, 1.807) is 30.3 Å². The van der Waals surface area contributed by atoms with Crippen molar-refractivity contribution < 1.29 is 18.3 Å². The topological polar surface area (TPSA) is 38.3 Å².